The molecule has 0 saturated heterocycles. The van der Waals surface area contributed by atoms with Crippen molar-refractivity contribution in [3.8, 4) is 5.88 Å². The minimum absolute atomic E-state index is 0.101. The fourth-order valence-electron chi connectivity index (χ4n) is 4.53. The van der Waals surface area contributed by atoms with E-state index in [0.29, 0.717) is 18.7 Å². The number of nitrogens with two attached hydrogens (primary N) is 1. The molecule has 2 heterocycles. The number of nitrogens with one attached hydrogen (secondary N) is 1. The van der Waals surface area contributed by atoms with Gasteiger partial charge in [0.05, 0.1) is 12.7 Å². The molecule has 0 bridgehead atoms. The first-order valence-electron chi connectivity index (χ1n) is 9.71. The largest absolute Gasteiger partial charge is 0.472 e. The zero-order chi connectivity index (χ0) is 20.3. The van der Waals surface area contributed by atoms with Crippen LogP contribution in [-0.4, -0.2) is 32.3 Å². The van der Waals surface area contributed by atoms with Gasteiger partial charge in [-0.2, -0.15) is 5.10 Å². The van der Waals surface area contributed by atoms with Gasteiger partial charge in [0, 0.05) is 18.5 Å². The lowest BCUT2D eigenvalue weighted by Crippen LogP contribution is -2.19. The second kappa shape index (κ2) is 6.53. The Morgan fingerprint density at radius 3 is 3.03 bits per heavy atom. The van der Waals surface area contributed by atoms with E-state index in [1.54, 1.807) is 4.68 Å². The number of benzene rings is 1. The standard InChI is InChI=1S/C19H22FN5O3S/c1-10-9-25-18(28-10)16(8-22-25)29(21,27)24-19(26)23-17-14-4-2-3-11(14)5-12-6-13(20)7-15(12)17/h5,8,10,13H,2-4,6-7,9H2,1H3,(H3,21,23,24,26,27)/t10-,13+,29-/m1/s1. The lowest BCUT2D eigenvalue weighted by Gasteiger charge is -2.15. The Hall–Kier alpha value is -2.46. The minimum Gasteiger partial charge on any atom is -0.472 e. The van der Waals surface area contributed by atoms with Gasteiger partial charge in [-0.3, -0.25) is 0 Å². The lowest BCUT2D eigenvalue weighted by molar-refractivity contribution is 0.248. The first-order chi connectivity index (χ1) is 13.8. The summed E-state index contributed by atoms with van der Waals surface area (Å²) >= 11 is 0. The van der Waals surface area contributed by atoms with Crippen molar-refractivity contribution in [3.63, 3.8) is 0 Å². The fourth-order valence-corrected chi connectivity index (χ4v) is 5.52. The molecule has 5 rings (SSSR count). The van der Waals surface area contributed by atoms with E-state index in [4.69, 9.17) is 9.88 Å². The summed E-state index contributed by atoms with van der Waals surface area (Å²) in [5, 5.41) is 12.8. The Morgan fingerprint density at radius 1 is 1.38 bits per heavy atom. The number of rotatable bonds is 2. The Labute approximate surface area is 167 Å². The zero-order valence-electron chi connectivity index (χ0n) is 16.0. The van der Waals surface area contributed by atoms with Crippen molar-refractivity contribution >= 4 is 21.6 Å². The molecule has 0 fully saturated rings. The summed E-state index contributed by atoms with van der Waals surface area (Å²) in [4.78, 5) is 12.8. The zero-order valence-corrected chi connectivity index (χ0v) is 16.8. The van der Waals surface area contributed by atoms with Crippen LogP contribution in [0.5, 0.6) is 5.88 Å². The number of fused-ring (bicyclic) bond motifs is 3. The molecule has 0 unspecified atom stereocenters. The molecule has 0 radical (unpaired) electrons. The molecule has 29 heavy (non-hydrogen) atoms. The molecule has 2 amide bonds. The molecule has 0 saturated carbocycles. The summed E-state index contributed by atoms with van der Waals surface area (Å²) in [6.07, 6.45) is 3.58. The summed E-state index contributed by atoms with van der Waals surface area (Å²) in [5.41, 5.74) is 4.52. The van der Waals surface area contributed by atoms with E-state index in [1.165, 1.54) is 6.20 Å². The highest BCUT2D eigenvalue weighted by atomic mass is 32.2. The van der Waals surface area contributed by atoms with E-state index < -0.39 is 22.1 Å². The van der Waals surface area contributed by atoms with Crippen molar-refractivity contribution in [2.24, 2.45) is 9.50 Å². The summed E-state index contributed by atoms with van der Waals surface area (Å²) in [5.74, 6) is 0.281. The number of halogens is 1. The molecule has 3 aliphatic rings. The molecule has 1 aromatic carbocycles. The second-order valence-electron chi connectivity index (χ2n) is 7.90. The number of amides is 2. The molecule has 2 aliphatic carbocycles. The highest BCUT2D eigenvalue weighted by Gasteiger charge is 2.31. The average Bonchev–Trinajstić information content (AvgIpc) is 3.36. The van der Waals surface area contributed by atoms with Gasteiger partial charge in [-0.25, -0.2) is 23.2 Å². The Balaban J connectivity index is 1.49. The SMILES string of the molecule is C[C@@H]1Cn2ncc([S@](N)(=O)=NC(=O)Nc3c4c(cc5c3C[C@@H](F)C5)CCC4)c2O1. The van der Waals surface area contributed by atoms with Crippen molar-refractivity contribution in [2.45, 2.75) is 62.7 Å². The number of hydrogen-bond donors (Lipinski definition) is 2. The third-order valence-corrected chi connectivity index (χ3v) is 7.08. The number of carbonyl (C=O) groups is 1. The molecular weight excluding hydrogens is 397 g/mol. The van der Waals surface area contributed by atoms with Crippen LogP contribution in [0.2, 0.25) is 0 Å². The summed E-state index contributed by atoms with van der Waals surface area (Å²) < 4.78 is 37.9. The predicted molar refractivity (Wildman–Crippen MR) is 105 cm³/mol. The van der Waals surface area contributed by atoms with Gasteiger partial charge in [0.25, 0.3) is 0 Å². The van der Waals surface area contributed by atoms with Crippen LogP contribution < -0.4 is 15.2 Å². The average molecular weight is 419 g/mol. The molecule has 2 aromatic rings. The predicted octanol–water partition coefficient (Wildman–Crippen LogP) is 2.52. The van der Waals surface area contributed by atoms with Crippen LogP contribution in [0.3, 0.4) is 0 Å². The van der Waals surface area contributed by atoms with Crippen LogP contribution in [0.15, 0.2) is 21.5 Å². The number of aromatic nitrogens is 2. The van der Waals surface area contributed by atoms with Gasteiger partial charge < -0.3 is 10.1 Å². The van der Waals surface area contributed by atoms with Gasteiger partial charge in [0.1, 0.15) is 17.2 Å². The Bertz CT molecular complexity index is 1150. The Morgan fingerprint density at radius 2 is 2.21 bits per heavy atom. The van der Waals surface area contributed by atoms with Gasteiger partial charge in [0.2, 0.25) is 5.88 Å². The second-order valence-corrected chi connectivity index (χ2v) is 9.66. The van der Waals surface area contributed by atoms with Crippen LogP contribution in [0.4, 0.5) is 14.9 Å². The molecule has 154 valence electrons. The maximum Gasteiger partial charge on any atom is 0.354 e. The molecule has 1 aromatic heterocycles. The van der Waals surface area contributed by atoms with E-state index in [1.807, 2.05) is 6.92 Å². The van der Waals surface area contributed by atoms with Gasteiger partial charge in [0.15, 0.2) is 9.92 Å². The third-order valence-electron chi connectivity index (χ3n) is 5.74. The Kier molecular flexibility index (Phi) is 4.18. The van der Waals surface area contributed by atoms with Gasteiger partial charge in [-0.15, -0.1) is 4.36 Å². The maximum atomic E-state index is 14.0. The number of alkyl halides is 1. The van der Waals surface area contributed by atoms with Gasteiger partial charge >= 0.3 is 6.03 Å². The summed E-state index contributed by atoms with van der Waals surface area (Å²) in [7, 11) is -3.54. The topological polar surface area (TPSA) is 112 Å². The van der Waals surface area contributed by atoms with Crippen LogP contribution in [0, 0.1) is 0 Å². The highest BCUT2D eigenvalue weighted by molar-refractivity contribution is 7.91. The molecule has 3 N–H and O–H groups in total. The smallest absolute Gasteiger partial charge is 0.354 e. The van der Waals surface area contributed by atoms with Gasteiger partial charge in [-0.05, 0) is 48.4 Å². The maximum absolute atomic E-state index is 14.0. The van der Waals surface area contributed by atoms with E-state index in [-0.39, 0.29) is 23.3 Å². The summed E-state index contributed by atoms with van der Waals surface area (Å²) in [6.45, 7) is 2.37. The lowest BCUT2D eigenvalue weighted by atomic mass is 9.99. The quantitative estimate of drug-likeness (QED) is 0.779. The number of carbonyl (C=O) groups excluding carboxylic acids is 1. The van der Waals surface area contributed by atoms with Crippen LogP contribution in [-0.2, 0) is 42.1 Å². The fraction of sp³-hybridized carbons (Fsp3) is 0.474. The molecule has 8 nitrogen and oxygen atoms in total. The number of aryl methyl sites for hydroxylation is 1. The van der Waals surface area contributed by atoms with Crippen molar-refractivity contribution in [2.75, 3.05) is 5.32 Å². The van der Waals surface area contributed by atoms with E-state index >= 15 is 0 Å². The normalized spacial score (nSPS) is 23.7. The van der Waals surface area contributed by atoms with Crippen LogP contribution in [0.1, 0.15) is 35.6 Å². The third kappa shape index (κ3) is 3.10. The monoisotopic (exact) mass is 419 g/mol. The molecular formula is C19H22FN5O3S. The molecule has 3 atom stereocenters. The molecule has 1 aliphatic heterocycles. The minimum atomic E-state index is -3.54. The van der Waals surface area contributed by atoms with Crippen LogP contribution in [0.25, 0.3) is 0 Å². The van der Waals surface area contributed by atoms with Crippen molar-refractivity contribution < 1.29 is 18.1 Å². The van der Waals surface area contributed by atoms with Crippen molar-refractivity contribution in [3.05, 3.63) is 34.5 Å². The van der Waals surface area contributed by atoms with Crippen molar-refractivity contribution in [1.82, 2.24) is 9.78 Å². The van der Waals surface area contributed by atoms with Gasteiger partial charge in [-0.1, -0.05) is 6.07 Å². The molecule has 10 heteroatoms. The van der Waals surface area contributed by atoms with Crippen LogP contribution >= 0.6 is 0 Å². The van der Waals surface area contributed by atoms with E-state index in [9.17, 15) is 13.4 Å². The first-order valence-corrected chi connectivity index (χ1v) is 11.3. The molecule has 0 spiro atoms. The summed E-state index contributed by atoms with van der Waals surface area (Å²) in [6, 6.07) is 1.25. The van der Waals surface area contributed by atoms with Crippen molar-refractivity contribution in [1.29, 1.82) is 0 Å². The number of hydrogen-bond acceptors (Lipinski definition) is 4. The van der Waals surface area contributed by atoms with E-state index in [2.05, 4.69) is 20.8 Å². The number of nitrogens with zero attached hydrogens (tertiary/aromatic N) is 3. The highest BCUT2D eigenvalue weighted by Crippen LogP contribution is 2.39. The number of anilines is 1. The number of urea groups is 1. The van der Waals surface area contributed by atoms with E-state index in [0.717, 1.165) is 41.5 Å². The first kappa shape index (κ1) is 18.6. The number of ether oxygens (including phenoxy) is 1.